The monoisotopic (exact) mass is 556 g/mol. The maximum absolute atomic E-state index is 14.9. The minimum atomic E-state index is -0.252. The maximum Gasteiger partial charge on any atom is 0.127 e. The summed E-state index contributed by atoms with van der Waals surface area (Å²) in [5, 5.41) is 0. The first kappa shape index (κ1) is 23.6. The fourth-order valence-electron chi connectivity index (χ4n) is 4.49. The van der Waals surface area contributed by atoms with Crippen molar-refractivity contribution in [3.8, 4) is 11.1 Å². The Morgan fingerprint density at radius 3 is 2.45 bits per heavy atom. The van der Waals surface area contributed by atoms with Gasteiger partial charge in [-0.15, -0.1) is 0 Å². The number of hydrogen-bond acceptors (Lipinski definition) is 2. The summed E-state index contributed by atoms with van der Waals surface area (Å²) in [6.07, 6.45) is 1.68. The molecule has 0 spiro atoms. The molecule has 1 unspecified atom stereocenters. The predicted octanol–water partition coefficient (Wildman–Crippen LogP) is 7.74. The topological polar surface area (TPSA) is 15.3 Å². The number of nitrogens with zero attached hydrogens (tertiary/aromatic N) is 1. The molecule has 1 aliphatic heterocycles. The quantitative estimate of drug-likeness (QED) is 0.190. The van der Waals surface area contributed by atoms with E-state index >= 15 is 0 Å². The van der Waals surface area contributed by atoms with Gasteiger partial charge in [0.15, 0.2) is 0 Å². The van der Waals surface area contributed by atoms with Crippen LogP contribution in [0.15, 0.2) is 79.4 Å². The molecule has 3 aromatic rings. The van der Waals surface area contributed by atoms with Crippen LogP contribution < -0.4 is 3.53 Å². The molecular formula is C28H27F2IN2. The summed E-state index contributed by atoms with van der Waals surface area (Å²) in [7, 11) is 0. The molecule has 0 radical (unpaired) electrons. The van der Waals surface area contributed by atoms with E-state index in [1.54, 1.807) is 6.07 Å². The maximum atomic E-state index is 14.9. The van der Waals surface area contributed by atoms with E-state index in [4.69, 9.17) is 0 Å². The second-order valence-electron chi connectivity index (χ2n) is 8.65. The van der Waals surface area contributed by atoms with Crippen LogP contribution in [0.3, 0.4) is 0 Å². The summed E-state index contributed by atoms with van der Waals surface area (Å²) in [5.41, 5.74) is 7.92. The van der Waals surface area contributed by atoms with Gasteiger partial charge < -0.3 is 3.53 Å². The number of benzene rings is 3. The molecule has 0 bridgehead atoms. The lowest BCUT2D eigenvalue weighted by Gasteiger charge is -2.37. The number of aryl methyl sites for hydroxylation is 1. The van der Waals surface area contributed by atoms with Gasteiger partial charge in [-0.05, 0) is 66.3 Å². The number of rotatable bonds is 6. The Labute approximate surface area is 208 Å². The molecule has 4 rings (SSSR count). The minimum absolute atomic E-state index is 0.0585. The largest absolute Gasteiger partial charge is 0.328 e. The standard InChI is InChI=1S/C28H27F2IN2/c1-18-12-13-33(28(14-18)21-4-8-25(29)9-5-21)17-24-16-23(7-11-27(24)30)22-6-10-26(19(2)15-22)20(3)32-31/h4-11,15-16,28,32H,1,3,12-14,17H2,2H3. The molecule has 1 heterocycles. The van der Waals surface area contributed by atoms with Crippen LogP contribution in [0.25, 0.3) is 16.8 Å². The molecule has 0 aliphatic carbocycles. The molecule has 1 saturated heterocycles. The Balaban J connectivity index is 1.62. The van der Waals surface area contributed by atoms with Gasteiger partial charge in [-0.25, -0.2) is 8.78 Å². The summed E-state index contributed by atoms with van der Waals surface area (Å²) < 4.78 is 31.4. The molecule has 0 aromatic heterocycles. The fraction of sp³-hybridized carbons (Fsp3) is 0.214. The molecule has 0 saturated carbocycles. The summed E-state index contributed by atoms with van der Waals surface area (Å²) >= 11 is 2.08. The van der Waals surface area contributed by atoms with Crippen LogP contribution in [0.2, 0.25) is 0 Å². The highest BCUT2D eigenvalue weighted by atomic mass is 127. The van der Waals surface area contributed by atoms with E-state index in [0.29, 0.717) is 12.1 Å². The summed E-state index contributed by atoms with van der Waals surface area (Å²) in [4.78, 5) is 2.27. The van der Waals surface area contributed by atoms with E-state index in [2.05, 4.69) is 57.4 Å². The predicted molar refractivity (Wildman–Crippen MR) is 141 cm³/mol. The first-order valence-corrected chi connectivity index (χ1v) is 12.0. The molecule has 1 N–H and O–H groups in total. The van der Waals surface area contributed by atoms with Gasteiger partial charge in [0.05, 0.1) is 22.9 Å². The zero-order chi connectivity index (χ0) is 23.5. The van der Waals surface area contributed by atoms with Crippen LogP contribution in [0.5, 0.6) is 0 Å². The van der Waals surface area contributed by atoms with Crippen molar-refractivity contribution in [3.63, 3.8) is 0 Å². The van der Waals surface area contributed by atoms with E-state index in [9.17, 15) is 8.78 Å². The Morgan fingerprint density at radius 2 is 1.76 bits per heavy atom. The van der Waals surface area contributed by atoms with Crippen molar-refractivity contribution in [1.29, 1.82) is 0 Å². The summed E-state index contributed by atoms with van der Waals surface area (Å²) in [6.45, 7) is 11.5. The number of likely N-dealkylation sites (tertiary alicyclic amines) is 1. The van der Waals surface area contributed by atoms with Gasteiger partial charge in [0, 0.05) is 36.0 Å². The molecule has 2 nitrogen and oxygen atoms in total. The molecule has 0 amide bonds. The van der Waals surface area contributed by atoms with Crippen molar-refractivity contribution < 1.29 is 8.78 Å². The zero-order valence-corrected chi connectivity index (χ0v) is 20.8. The Bertz CT molecular complexity index is 1190. The smallest absolute Gasteiger partial charge is 0.127 e. The second-order valence-corrected chi connectivity index (χ2v) is 9.19. The molecule has 1 fully saturated rings. The lowest BCUT2D eigenvalue weighted by atomic mass is 9.91. The minimum Gasteiger partial charge on any atom is -0.328 e. The number of hydrogen-bond donors (Lipinski definition) is 1. The average molecular weight is 556 g/mol. The van der Waals surface area contributed by atoms with Crippen LogP contribution in [0.1, 0.15) is 41.1 Å². The Morgan fingerprint density at radius 1 is 1.06 bits per heavy atom. The van der Waals surface area contributed by atoms with Gasteiger partial charge >= 0.3 is 0 Å². The average Bonchev–Trinajstić information content (AvgIpc) is 2.81. The number of halogens is 3. The lowest BCUT2D eigenvalue weighted by Crippen LogP contribution is -2.34. The Kier molecular flexibility index (Phi) is 7.29. The van der Waals surface area contributed by atoms with E-state index in [1.165, 1.54) is 17.7 Å². The summed E-state index contributed by atoms with van der Waals surface area (Å²) in [6, 6.07) is 18.2. The van der Waals surface area contributed by atoms with Gasteiger partial charge in [0.2, 0.25) is 0 Å². The van der Waals surface area contributed by atoms with E-state index in [0.717, 1.165) is 52.9 Å². The third kappa shape index (κ3) is 5.36. The van der Waals surface area contributed by atoms with Gasteiger partial charge in [0.1, 0.15) is 11.6 Å². The van der Waals surface area contributed by atoms with Crippen LogP contribution in [0.4, 0.5) is 8.78 Å². The zero-order valence-electron chi connectivity index (χ0n) is 18.7. The van der Waals surface area contributed by atoms with E-state index < -0.39 is 0 Å². The van der Waals surface area contributed by atoms with E-state index in [-0.39, 0.29) is 17.7 Å². The molecular weight excluding hydrogens is 529 g/mol. The fourth-order valence-corrected chi connectivity index (χ4v) is 4.78. The van der Waals surface area contributed by atoms with Crippen molar-refractivity contribution in [1.82, 2.24) is 8.43 Å². The molecule has 170 valence electrons. The molecule has 3 aromatic carbocycles. The molecule has 5 heteroatoms. The first-order valence-electron chi connectivity index (χ1n) is 11.0. The normalized spacial score (nSPS) is 16.6. The Hall–Kier alpha value is -2.51. The van der Waals surface area contributed by atoms with E-state index in [1.807, 2.05) is 36.4 Å². The molecule has 1 atom stereocenters. The van der Waals surface area contributed by atoms with Crippen molar-refractivity contribution >= 4 is 28.6 Å². The molecule has 33 heavy (non-hydrogen) atoms. The van der Waals surface area contributed by atoms with Gasteiger partial charge in [-0.1, -0.05) is 55.1 Å². The second kappa shape index (κ2) is 10.2. The molecule has 1 aliphatic rings. The third-order valence-electron chi connectivity index (χ3n) is 6.35. The number of piperidine rings is 1. The highest BCUT2D eigenvalue weighted by molar-refractivity contribution is 14.1. The van der Waals surface area contributed by atoms with Crippen molar-refractivity contribution in [3.05, 3.63) is 113 Å². The van der Waals surface area contributed by atoms with Crippen LogP contribution in [-0.4, -0.2) is 11.4 Å². The van der Waals surface area contributed by atoms with Crippen molar-refractivity contribution in [2.45, 2.75) is 32.4 Å². The highest BCUT2D eigenvalue weighted by Crippen LogP contribution is 2.35. The SMILES string of the molecule is C=C1CCN(Cc2cc(-c3ccc(C(=C)NI)c(C)c3)ccc2F)C(c2ccc(F)cc2)C1. The van der Waals surface area contributed by atoms with Crippen LogP contribution in [0, 0.1) is 18.6 Å². The van der Waals surface area contributed by atoms with Gasteiger partial charge in [-0.2, -0.15) is 0 Å². The van der Waals surface area contributed by atoms with Gasteiger partial charge in [-0.3, -0.25) is 4.90 Å². The van der Waals surface area contributed by atoms with Crippen molar-refractivity contribution in [2.24, 2.45) is 0 Å². The summed E-state index contributed by atoms with van der Waals surface area (Å²) in [5.74, 6) is -0.463. The first-order chi connectivity index (χ1) is 15.9. The number of nitrogens with one attached hydrogen (secondary N) is 1. The lowest BCUT2D eigenvalue weighted by molar-refractivity contribution is 0.164. The third-order valence-corrected chi connectivity index (χ3v) is 7.00. The van der Waals surface area contributed by atoms with Crippen LogP contribution >= 0.6 is 22.9 Å². The van der Waals surface area contributed by atoms with Crippen LogP contribution in [-0.2, 0) is 6.54 Å². The van der Waals surface area contributed by atoms with Gasteiger partial charge in [0.25, 0.3) is 0 Å². The highest BCUT2D eigenvalue weighted by Gasteiger charge is 2.26. The van der Waals surface area contributed by atoms with Crippen molar-refractivity contribution in [2.75, 3.05) is 6.54 Å².